The van der Waals surface area contributed by atoms with Gasteiger partial charge in [0, 0.05) is 5.69 Å². The minimum absolute atomic E-state index is 0.152. The lowest BCUT2D eigenvalue weighted by atomic mass is 9.68. The van der Waals surface area contributed by atoms with Gasteiger partial charge in [-0.3, -0.25) is 0 Å². The van der Waals surface area contributed by atoms with Crippen molar-refractivity contribution >= 4 is 11.7 Å². The fourth-order valence-corrected chi connectivity index (χ4v) is 5.85. The third-order valence-electron chi connectivity index (χ3n) is 6.90. The predicted octanol–water partition coefficient (Wildman–Crippen LogP) is 4.37. The Kier molecular flexibility index (Phi) is 3.77. The molecule has 6 heteroatoms. The van der Waals surface area contributed by atoms with Crippen LogP contribution in [-0.2, 0) is 6.18 Å². The molecule has 1 heterocycles. The molecule has 1 N–H and O–H groups in total. The van der Waals surface area contributed by atoms with Crippen LogP contribution >= 0.6 is 0 Å². The second-order valence-corrected chi connectivity index (χ2v) is 8.27. The summed E-state index contributed by atoms with van der Waals surface area (Å²) < 4.78 is 39.7. The molecule has 2 saturated carbocycles. The molecule has 2 fully saturated rings. The lowest BCUT2D eigenvalue weighted by Crippen LogP contribution is -2.36. The van der Waals surface area contributed by atoms with E-state index in [1.54, 1.807) is 18.2 Å². The number of hydrogen-bond donors (Lipinski definition) is 1. The van der Waals surface area contributed by atoms with E-state index in [1.165, 1.54) is 18.2 Å². The Bertz CT molecular complexity index is 955. The van der Waals surface area contributed by atoms with Gasteiger partial charge in [-0.15, -0.1) is 0 Å². The first-order chi connectivity index (χ1) is 13.3. The Morgan fingerprint density at radius 1 is 1.07 bits per heavy atom. The van der Waals surface area contributed by atoms with Crippen molar-refractivity contribution < 1.29 is 23.1 Å². The van der Waals surface area contributed by atoms with Crippen molar-refractivity contribution in [3.05, 3.63) is 64.7 Å². The molecule has 28 heavy (non-hydrogen) atoms. The van der Waals surface area contributed by atoms with Crippen molar-refractivity contribution in [1.29, 1.82) is 0 Å². The van der Waals surface area contributed by atoms with Gasteiger partial charge in [0.25, 0.3) is 0 Å². The summed E-state index contributed by atoms with van der Waals surface area (Å²) in [6.07, 6.45) is -1.14. The average Bonchev–Trinajstić information content (AvgIpc) is 3.29. The number of rotatable bonds is 2. The normalized spacial score (nSPS) is 30.5. The maximum Gasteiger partial charge on any atom is 0.416 e. The summed E-state index contributed by atoms with van der Waals surface area (Å²) in [5.41, 5.74) is 1.96. The van der Waals surface area contributed by atoms with Crippen molar-refractivity contribution in [2.24, 2.45) is 17.8 Å². The lowest BCUT2D eigenvalue weighted by Gasteiger charge is -2.44. The van der Waals surface area contributed by atoms with Crippen LogP contribution in [0.15, 0.2) is 42.5 Å². The Balaban J connectivity index is 1.61. The van der Waals surface area contributed by atoms with E-state index in [-0.39, 0.29) is 23.4 Å². The molecule has 5 atom stereocenters. The van der Waals surface area contributed by atoms with Gasteiger partial charge in [-0.2, -0.15) is 13.2 Å². The van der Waals surface area contributed by atoms with E-state index in [0.717, 1.165) is 36.6 Å². The molecular weight excluding hydrogens is 367 g/mol. The Morgan fingerprint density at radius 2 is 1.86 bits per heavy atom. The number of alkyl halides is 3. The largest absolute Gasteiger partial charge is 0.545 e. The minimum Gasteiger partial charge on any atom is -0.545 e. The highest BCUT2D eigenvalue weighted by Crippen LogP contribution is 2.63. The SMILES string of the molecule is O=C([O-])c1ccc2c(c1)[C@H]1[C@H]3CC[C@H](C3)[C@H]1[C@H](c1cccc(C(F)(F)F)c1)N2. The van der Waals surface area contributed by atoms with Crippen LogP contribution in [0, 0.1) is 17.8 Å². The molecule has 0 spiro atoms. The smallest absolute Gasteiger partial charge is 0.416 e. The minimum atomic E-state index is -4.37. The first-order valence-electron chi connectivity index (χ1n) is 9.62. The number of benzene rings is 2. The number of carboxylic acid groups (broad SMARTS) is 1. The van der Waals surface area contributed by atoms with Gasteiger partial charge in [-0.1, -0.05) is 18.2 Å². The van der Waals surface area contributed by atoms with Gasteiger partial charge in [0.1, 0.15) is 0 Å². The second kappa shape index (κ2) is 6.00. The third kappa shape index (κ3) is 2.61. The topological polar surface area (TPSA) is 52.2 Å². The number of carbonyl (C=O) groups is 1. The van der Waals surface area contributed by atoms with Crippen LogP contribution in [0.4, 0.5) is 18.9 Å². The molecule has 0 saturated heterocycles. The molecule has 0 amide bonds. The molecule has 2 aliphatic carbocycles. The first kappa shape index (κ1) is 17.6. The summed E-state index contributed by atoms with van der Waals surface area (Å²) >= 11 is 0. The predicted molar refractivity (Wildman–Crippen MR) is 95.6 cm³/mol. The Morgan fingerprint density at radius 3 is 2.61 bits per heavy atom. The number of carboxylic acids is 1. The summed E-state index contributed by atoms with van der Waals surface area (Å²) in [4.78, 5) is 11.3. The maximum absolute atomic E-state index is 13.2. The molecule has 2 aromatic carbocycles. The number of halogens is 3. The van der Waals surface area contributed by atoms with Gasteiger partial charge in [0.05, 0.1) is 17.6 Å². The van der Waals surface area contributed by atoms with Gasteiger partial charge >= 0.3 is 6.18 Å². The summed E-state index contributed by atoms with van der Waals surface area (Å²) in [7, 11) is 0. The number of anilines is 1. The molecule has 146 valence electrons. The molecule has 1 aliphatic heterocycles. The molecular formula is C22H19F3NO2-. The van der Waals surface area contributed by atoms with Crippen molar-refractivity contribution in [2.45, 2.75) is 37.4 Å². The van der Waals surface area contributed by atoms with E-state index < -0.39 is 17.7 Å². The number of carbonyl (C=O) groups excluding carboxylic acids is 1. The Hall–Kier alpha value is -2.50. The van der Waals surface area contributed by atoms with Crippen molar-refractivity contribution in [2.75, 3.05) is 5.32 Å². The van der Waals surface area contributed by atoms with Gasteiger partial charge in [0.2, 0.25) is 0 Å². The lowest BCUT2D eigenvalue weighted by molar-refractivity contribution is -0.255. The zero-order valence-corrected chi connectivity index (χ0v) is 15.0. The summed E-state index contributed by atoms with van der Waals surface area (Å²) in [6, 6.07) is 10.3. The van der Waals surface area contributed by atoms with Crippen LogP contribution in [-0.4, -0.2) is 5.97 Å². The second-order valence-electron chi connectivity index (χ2n) is 8.27. The van der Waals surface area contributed by atoms with E-state index in [4.69, 9.17) is 0 Å². The van der Waals surface area contributed by atoms with E-state index in [0.29, 0.717) is 17.4 Å². The zero-order valence-electron chi connectivity index (χ0n) is 15.0. The molecule has 0 radical (unpaired) electrons. The summed E-state index contributed by atoms with van der Waals surface area (Å²) in [5.74, 6) is 0.0473. The standard InChI is InChI=1S/C22H20F3NO2/c23-22(24,25)15-3-1-2-13(9-15)20-19-12-5-4-11(8-12)18(19)16-10-14(21(27)28)6-7-17(16)26-20/h1-3,6-7,9-12,18-20,26H,4-5,8H2,(H,27,28)/p-1/t11-,12+,18+,19+,20-/m0/s1. The highest BCUT2D eigenvalue weighted by molar-refractivity contribution is 5.87. The van der Waals surface area contributed by atoms with Crippen LogP contribution < -0.4 is 10.4 Å². The number of aromatic carboxylic acids is 1. The van der Waals surface area contributed by atoms with Gasteiger partial charge in [0.15, 0.2) is 0 Å². The van der Waals surface area contributed by atoms with E-state index in [1.807, 2.05) is 0 Å². The molecule has 3 aliphatic rings. The molecule has 0 aromatic heterocycles. The zero-order chi connectivity index (χ0) is 19.6. The van der Waals surface area contributed by atoms with Crippen molar-refractivity contribution in [3.8, 4) is 0 Å². The molecule has 0 unspecified atom stereocenters. The monoisotopic (exact) mass is 386 g/mol. The van der Waals surface area contributed by atoms with Crippen LogP contribution in [0.1, 0.15) is 58.3 Å². The fourth-order valence-electron chi connectivity index (χ4n) is 5.85. The van der Waals surface area contributed by atoms with E-state index in [2.05, 4.69) is 5.32 Å². The Labute approximate surface area is 160 Å². The van der Waals surface area contributed by atoms with Crippen LogP contribution in [0.3, 0.4) is 0 Å². The quantitative estimate of drug-likeness (QED) is 0.834. The van der Waals surface area contributed by atoms with Gasteiger partial charge in [-0.25, -0.2) is 0 Å². The maximum atomic E-state index is 13.2. The highest BCUT2D eigenvalue weighted by Gasteiger charge is 2.54. The highest BCUT2D eigenvalue weighted by atomic mass is 19.4. The fraction of sp³-hybridized carbons (Fsp3) is 0.409. The average molecular weight is 386 g/mol. The third-order valence-corrected chi connectivity index (χ3v) is 6.90. The van der Waals surface area contributed by atoms with E-state index >= 15 is 0 Å². The number of nitrogens with one attached hydrogen (secondary N) is 1. The molecule has 2 aromatic rings. The molecule has 3 nitrogen and oxygen atoms in total. The molecule has 5 rings (SSSR count). The van der Waals surface area contributed by atoms with Crippen LogP contribution in [0.25, 0.3) is 0 Å². The number of fused-ring (bicyclic) bond motifs is 7. The molecule has 2 bridgehead atoms. The number of hydrogen-bond acceptors (Lipinski definition) is 3. The van der Waals surface area contributed by atoms with Crippen molar-refractivity contribution in [1.82, 2.24) is 0 Å². The van der Waals surface area contributed by atoms with Gasteiger partial charge in [-0.05, 0) is 83.9 Å². The first-order valence-corrected chi connectivity index (χ1v) is 9.62. The van der Waals surface area contributed by atoms with Crippen molar-refractivity contribution in [3.63, 3.8) is 0 Å². The summed E-state index contributed by atoms with van der Waals surface area (Å²) in [5, 5.41) is 14.8. The van der Waals surface area contributed by atoms with Crippen LogP contribution in [0.2, 0.25) is 0 Å². The van der Waals surface area contributed by atoms with Crippen LogP contribution in [0.5, 0.6) is 0 Å². The van der Waals surface area contributed by atoms with E-state index in [9.17, 15) is 23.1 Å². The summed E-state index contributed by atoms with van der Waals surface area (Å²) in [6.45, 7) is 0. The van der Waals surface area contributed by atoms with Gasteiger partial charge < -0.3 is 15.2 Å².